The predicted octanol–water partition coefficient (Wildman–Crippen LogP) is -0.677. The molecular formula is C10H20O6. The first kappa shape index (κ1) is 15.3. The van der Waals surface area contributed by atoms with Crippen molar-refractivity contribution in [1.29, 1.82) is 0 Å². The van der Waals surface area contributed by atoms with Crippen molar-refractivity contribution in [3.05, 3.63) is 0 Å². The molecule has 0 aromatic heterocycles. The van der Waals surface area contributed by atoms with Crippen molar-refractivity contribution in [1.82, 2.24) is 0 Å². The van der Waals surface area contributed by atoms with Crippen LogP contribution in [0.5, 0.6) is 0 Å². The molecule has 16 heavy (non-hydrogen) atoms. The second-order valence-corrected chi connectivity index (χ2v) is 3.32. The van der Waals surface area contributed by atoms with Gasteiger partial charge in [-0.25, -0.2) is 0 Å². The molecule has 96 valence electrons. The first-order valence-electron chi connectivity index (χ1n) is 5.05. The molecule has 3 atom stereocenters. The van der Waals surface area contributed by atoms with E-state index in [0.717, 1.165) is 0 Å². The van der Waals surface area contributed by atoms with Gasteiger partial charge in [-0.3, -0.25) is 4.79 Å². The summed E-state index contributed by atoms with van der Waals surface area (Å²) in [5.41, 5.74) is 0. The van der Waals surface area contributed by atoms with Crippen LogP contribution in [0.25, 0.3) is 0 Å². The predicted molar refractivity (Wildman–Crippen MR) is 55.9 cm³/mol. The van der Waals surface area contributed by atoms with Crippen molar-refractivity contribution >= 4 is 5.97 Å². The number of carbonyl (C=O) groups excluding carboxylic acids is 1. The Kier molecular flexibility index (Phi) is 8.10. The molecule has 0 aromatic rings. The first-order valence-corrected chi connectivity index (χ1v) is 5.05. The molecule has 3 unspecified atom stereocenters. The third-order valence-corrected chi connectivity index (χ3v) is 2.22. The third-order valence-electron chi connectivity index (χ3n) is 2.22. The minimum Gasteiger partial charge on any atom is -0.460 e. The van der Waals surface area contributed by atoms with E-state index in [-0.39, 0.29) is 19.6 Å². The van der Waals surface area contributed by atoms with Gasteiger partial charge in [-0.2, -0.15) is 0 Å². The summed E-state index contributed by atoms with van der Waals surface area (Å²) in [6.07, 6.45) is -1.60. The second kappa shape index (κ2) is 8.46. The molecule has 0 bridgehead atoms. The van der Waals surface area contributed by atoms with Gasteiger partial charge in [-0.1, -0.05) is 0 Å². The monoisotopic (exact) mass is 236 g/mol. The number of hydrogen-bond donors (Lipinski definition) is 2. The lowest BCUT2D eigenvalue weighted by Crippen LogP contribution is -2.44. The fraction of sp³-hybridized carbons (Fsp3) is 0.900. The van der Waals surface area contributed by atoms with Crippen molar-refractivity contribution in [2.75, 3.05) is 27.4 Å². The van der Waals surface area contributed by atoms with E-state index in [4.69, 9.17) is 24.4 Å². The van der Waals surface area contributed by atoms with E-state index in [0.29, 0.717) is 0 Å². The van der Waals surface area contributed by atoms with Crippen LogP contribution >= 0.6 is 0 Å². The van der Waals surface area contributed by atoms with Crippen LogP contribution in [0.4, 0.5) is 0 Å². The van der Waals surface area contributed by atoms with Gasteiger partial charge in [0.25, 0.3) is 0 Å². The average Bonchev–Trinajstić information content (AvgIpc) is 2.24. The molecule has 0 saturated heterocycles. The largest absolute Gasteiger partial charge is 0.460 e. The van der Waals surface area contributed by atoms with Gasteiger partial charge in [0, 0.05) is 34.2 Å². The Morgan fingerprint density at radius 3 is 2.12 bits per heavy atom. The number of aliphatic hydroxyl groups is 2. The van der Waals surface area contributed by atoms with Gasteiger partial charge in [0.2, 0.25) is 0 Å². The topological polar surface area (TPSA) is 85.2 Å². The molecule has 0 fully saturated rings. The number of hydrogen-bond acceptors (Lipinski definition) is 6. The van der Waals surface area contributed by atoms with Crippen LogP contribution in [0.2, 0.25) is 0 Å². The van der Waals surface area contributed by atoms with Crippen molar-refractivity contribution < 1.29 is 29.2 Å². The maximum Gasteiger partial charge on any atom is 0.302 e. The summed E-state index contributed by atoms with van der Waals surface area (Å²) < 4.78 is 15.2. The van der Waals surface area contributed by atoms with Crippen LogP contribution in [-0.2, 0) is 19.0 Å². The molecular weight excluding hydrogens is 216 g/mol. The molecule has 0 radical (unpaired) electrons. The smallest absolute Gasteiger partial charge is 0.302 e. The molecule has 0 aromatic carbocycles. The zero-order valence-electron chi connectivity index (χ0n) is 9.88. The molecule has 0 aliphatic heterocycles. The fourth-order valence-electron chi connectivity index (χ4n) is 1.49. The van der Waals surface area contributed by atoms with Crippen molar-refractivity contribution in [3.8, 4) is 0 Å². The Morgan fingerprint density at radius 1 is 1.19 bits per heavy atom. The summed E-state index contributed by atoms with van der Waals surface area (Å²) in [6, 6.07) is 0. The summed E-state index contributed by atoms with van der Waals surface area (Å²) in [6.45, 7) is 0.885. The van der Waals surface area contributed by atoms with Gasteiger partial charge in [-0.15, -0.1) is 0 Å². The Labute approximate surface area is 95.1 Å². The van der Waals surface area contributed by atoms with Gasteiger partial charge >= 0.3 is 5.97 Å². The lowest BCUT2D eigenvalue weighted by molar-refractivity contribution is -0.165. The lowest BCUT2D eigenvalue weighted by Gasteiger charge is -2.29. The highest BCUT2D eigenvalue weighted by atomic mass is 16.6. The zero-order chi connectivity index (χ0) is 12.6. The van der Waals surface area contributed by atoms with Crippen LogP contribution in [0.1, 0.15) is 13.3 Å². The normalized spacial score (nSPS) is 16.6. The number of methoxy groups -OCH3 is 2. The van der Waals surface area contributed by atoms with E-state index in [9.17, 15) is 4.79 Å². The summed E-state index contributed by atoms with van der Waals surface area (Å²) in [5, 5.41) is 17.9. The fourth-order valence-corrected chi connectivity index (χ4v) is 1.49. The summed E-state index contributed by atoms with van der Waals surface area (Å²) in [7, 11) is 2.86. The number of aliphatic hydroxyl groups excluding tert-OH is 2. The van der Waals surface area contributed by atoms with Gasteiger partial charge < -0.3 is 24.4 Å². The standard InChI is InChI=1S/C10H20O6/c1-7(13)16-8(4-5-11)10(15-3)9(6-12)14-2/h8-12H,4-6H2,1-3H3. The summed E-state index contributed by atoms with van der Waals surface area (Å²) in [5.74, 6) is -0.465. The van der Waals surface area contributed by atoms with E-state index in [2.05, 4.69) is 0 Å². The van der Waals surface area contributed by atoms with Gasteiger partial charge in [-0.05, 0) is 0 Å². The van der Waals surface area contributed by atoms with E-state index in [1.165, 1.54) is 21.1 Å². The van der Waals surface area contributed by atoms with Gasteiger partial charge in [0.1, 0.15) is 18.3 Å². The van der Waals surface area contributed by atoms with E-state index in [1.54, 1.807) is 0 Å². The van der Waals surface area contributed by atoms with Gasteiger partial charge in [0.05, 0.1) is 6.61 Å². The van der Waals surface area contributed by atoms with Crippen molar-refractivity contribution in [3.63, 3.8) is 0 Å². The van der Waals surface area contributed by atoms with Crippen LogP contribution in [0.3, 0.4) is 0 Å². The minimum absolute atomic E-state index is 0.139. The van der Waals surface area contributed by atoms with E-state index >= 15 is 0 Å². The molecule has 0 heterocycles. The summed E-state index contributed by atoms with van der Waals surface area (Å²) in [4.78, 5) is 10.9. The first-order chi connectivity index (χ1) is 7.60. The molecule has 0 rings (SSSR count). The molecule has 0 aliphatic carbocycles. The SMILES string of the molecule is COC(CO)C(OC)C(CCO)OC(C)=O. The third kappa shape index (κ3) is 4.89. The highest BCUT2D eigenvalue weighted by molar-refractivity contribution is 5.66. The highest BCUT2D eigenvalue weighted by Crippen LogP contribution is 2.14. The maximum absolute atomic E-state index is 10.9. The number of esters is 1. The maximum atomic E-state index is 10.9. The number of rotatable bonds is 8. The minimum atomic E-state index is -0.635. The average molecular weight is 236 g/mol. The van der Waals surface area contributed by atoms with Crippen LogP contribution in [0, 0.1) is 0 Å². The Bertz CT molecular complexity index is 192. The number of carbonyl (C=O) groups is 1. The highest BCUT2D eigenvalue weighted by Gasteiger charge is 2.31. The molecule has 2 N–H and O–H groups in total. The molecule has 0 amide bonds. The lowest BCUT2D eigenvalue weighted by atomic mass is 10.1. The zero-order valence-corrected chi connectivity index (χ0v) is 9.88. The Morgan fingerprint density at radius 2 is 1.81 bits per heavy atom. The molecule has 0 spiro atoms. The Hall–Kier alpha value is -0.690. The van der Waals surface area contributed by atoms with Crippen LogP contribution in [-0.4, -0.2) is 61.9 Å². The quantitative estimate of drug-likeness (QED) is 0.543. The van der Waals surface area contributed by atoms with E-state index in [1.807, 2.05) is 0 Å². The molecule has 0 saturated carbocycles. The molecule has 0 aliphatic rings. The van der Waals surface area contributed by atoms with E-state index < -0.39 is 24.3 Å². The second-order valence-electron chi connectivity index (χ2n) is 3.32. The van der Waals surface area contributed by atoms with Crippen molar-refractivity contribution in [2.24, 2.45) is 0 Å². The van der Waals surface area contributed by atoms with Crippen LogP contribution < -0.4 is 0 Å². The van der Waals surface area contributed by atoms with Crippen molar-refractivity contribution in [2.45, 2.75) is 31.7 Å². The van der Waals surface area contributed by atoms with Crippen LogP contribution in [0.15, 0.2) is 0 Å². The molecule has 6 nitrogen and oxygen atoms in total. The van der Waals surface area contributed by atoms with Gasteiger partial charge in [0.15, 0.2) is 0 Å². The Balaban J connectivity index is 4.60. The summed E-state index contributed by atoms with van der Waals surface area (Å²) >= 11 is 0. The number of ether oxygens (including phenoxy) is 3. The molecule has 6 heteroatoms.